The summed E-state index contributed by atoms with van der Waals surface area (Å²) in [7, 11) is 0. The van der Waals surface area contributed by atoms with Crippen LogP contribution in [0, 0.1) is 5.92 Å². The van der Waals surface area contributed by atoms with Crippen molar-refractivity contribution in [2.45, 2.75) is 26.1 Å². The number of carbonyl (C=O) groups excluding carboxylic acids is 1. The lowest BCUT2D eigenvalue weighted by Gasteiger charge is -2.34. The minimum atomic E-state index is -0.123. The van der Waals surface area contributed by atoms with Gasteiger partial charge >= 0.3 is 0 Å². The number of piperazine rings is 1. The van der Waals surface area contributed by atoms with Crippen molar-refractivity contribution < 1.29 is 4.79 Å². The molecule has 0 aromatic heterocycles. The number of benzene rings is 2. The molecule has 6 heteroatoms. The van der Waals surface area contributed by atoms with Gasteiger partial charge in [0.05, 0.1) is 12.0 Å². The minimum absolute atomic E-state index is 0.00342. The number of likely N-dealkylation sites (N-methyl/N-ethyl adjacent to an activating group) is 1. The summed E-state index contributed by atoms with van der Waals surface area (Å²) in [5, 5.41) is 3.19. The maximum absolute atomic E-state index is 13.0. The molecule has 2 aliphatic rings. The lowest BCUT2D eigenvalue weighted by molar-refractivity contribution is -0.125. The van der Waals surface area contributed by atoms with Gasteiger partial charge in [0.25, 0.3) is 0 Å². The molecular formula is C24H33N5O. The number of carbonyl (C=O) groups is 1. The molecule has 2 unspecified atom stereocenters. The van der Waals surface area contributed by atoms with E-state index in [0.717, 1.165) is 44.8 Å². The third-order valence-electron chi connectivity index (χ3n) is 6.35. The first-order valence-electron chi connectivity index (χ1n) is 11.1. The number of amides is 1. The van der Waals surface area contributed by atoms with Gasteiger partial charge in [-0.2, -0.15) is 0 Å². The first-order valence-corrected chi connectivity index (χ1v) is 11.1. The molecule has 2 heterocycles. The van der Waals surface area contributed by atoms with Gasteiger partial charge in [-0.1, -0.05) is 61.5 Å². The van der Waals surface area contributed by atoms with Crippen molar-refractivity contribution >= 4 is 5.91 Å². The van der Waals surface area contributed by atoms with Crippen LogP contribution in [0.5, 0.6) is 0 Å². The van der Waals surface area contributed by atoms with Crippen LogP contribution in [0.4, 0.5) is 0 Å². The minimum Gasteiger partial charge on any atom is -0.352 e. The summed E-state index contributed by atoms with van der Waals surface area (Å²) in [5.41, 5.74) is 10.1. The van der Waals surface area contributed by atoms with Crippen molar-refractivity contribution in [1.82, 2.24) is 26.0 Å². The normalized spacial score (nSPS) is 22.8. The fraction of sp³-hybridized carbons (Fsp3) is 0.458. The molecule has 2 aromatic carbocycles. The Bertz CT molecular complexity index is 819. The Morgan fingerprint density at radius 3 is 2.37 bits per heavy atom. The van der Waals surface area contributed by atoms with Gasteiger partial charge in [0.2, 0.25) is 5.91 Å². The molecule has 2 aliphatic heterocycles. The van der Waals surface area contributed by atoms with E-state index < -0.39 is 0 Å². The molecule has 0 radical (unpaired) electrons. The fourth-order valence-corrected chi connectivity index (χ4v) is 4.42. The molecule has 3 N–H and O–H groups in total. The molecule has 0 bridgehead atoms. The van der Waals surface area contributed by atoms with Gasteiger partial charge in [-0.05, 0) is 23.2 Å². The van der Waals surface area contributed by atoms with Gasteiger partial charge in [0.1, 0.15) is 0 Å². The van der Waals surface area contributed by atoms with Gasteiger partial charge in [-0.25, -0.2) is 5.43 Å². The molecule has 2 aromatic rings. The monoisotopic (exact) mass is 407 g/mol. The largest absolute Gasteiger partial charge is 0.352 e. The van der Waals surface area contributed by atoms with Crippen molar-refractivity contribution in [3.05, 3.63) is 71.3 Å². The Morgan fingerprint density at radius 2 is 1.63 bits per heavy atom. The standard InChI is InChI=1S/C24H33N5O/c1-2-28-12-14-29(15-13-28)18-21-11-7-6-10-20(21)16-25-24(30)22-17-26-27-23(22)19-8-4-3-5-9-19/h3-11,22-23,26-27H,2,12-18H2,1H3,(H,25,30). The van der Waals surface area contributed by atoms with E-state index in [1.807, 2.05) is 18.2 Å². The van der Waals surface area contributed by atoms with Crippen LogP contribution in [0.15, 0.2) is 54.6 Å². The molecule has 1 amide bonds. The summed E-state index contributed by atoms with van der Waals surface area (Å²) < 4.78 is 0. The van der Waals surface area contributed by atoms with Crippen LogP contribution in [-0.4, -0.2) is 55.0 Å². The molecule has 2 saturated heterocycles. The van der Waals surface area contributed by atoms with Crippen LogP contribution in [0.1, 0.15) is 29.7 Å². The maximum atomic E-state index is 13.0. The highest BCUT2D eigenvalue weighted by Gasteiger charge is 2.33. The third kappa shape index (κ3) is 5.08. The molecule has 160 valence electrons. The Labute approximate surface area is 179 Å². The summed E-state index contributed by atoms with van der Waals surface area (Å²) in [6.45, 7) is 9.99. The number of nitrogens with one attached hydrogen (secondary N) is 3. The topological polar surface area (TPSA) is 59.6 Å². The van der Waals surface area contributed by atoms with E-state index in [0.29, 0.717) is 13.1 Å². The van der Waals surface area contributed by atoms with Gasteiger partial charge in [-0.3, -0.25) is 15.1 Å². The predicted octanol–water partition coefficient (Wildman–Crippen LogP) is 1.91. The van der Waals surface area contributed by atoms with Crippen molar-refractivity contribution in [3.8, 4) is 0 Å². The predicted molar refractivity (Wildman–Crippen MR) is 119 cm³/mol. The molecule has 6 nitrogen and oxygen atoms in total. The van der Waals surface area contributed by atoms with Crippen molar-refractivity contribution in [1.29, 1.82) is 0 Å². The maximum Gasteiger partial charge on any atom is 0.226 e. The highest BCUT2D eigenvalue weighted by Crippen LogP contribution is 2.25. The lowest BCUT2D eigenvalue weighted by Crippen LogP contribution is -2.45. The van der Waals surface area contributed by atoms with Gasteiger partial charge < -0.3 is 10.2 Å². The van der Waals surface area contributed by atoms with Crippen LogP contribution in [0.2, 0.25) is 0 Å². The zero-order valence-corrected chi connectivity index (χ0v) is 17.8. The van der Waals surface area contributed by atoms with Gasteiger partial charge in [-0.15, -0.1) is 0 Å². The van der Waals surface area contributed by atoms with Gasteiger partial charge in [0, 0.05) is 45.8 Å². The number of hydrogen-bond donors (Lipinski definition) is 3. The highest BCUT2D eigenvalue weighted by molar-refractivity contribution is 5.80. The van der Waals surface area contributed by atoms with Crippen molar-refractivity contribution in [2.24, 2.45) is 5.92 Å². The van der Waals surface area contributed by atoms with E-state index in [4.69, 9.17) is 0 Å². The summed E-state index contributed by atoms with van der Waals surface area (Å²) in [5.74, 6) is -0.0330. The average Bonchev–Trinajstić information content (AvgIpc) is 3.29. The second kappa shape index (κ2) is 10.2. The molecule has 2 atom stereocenters. The summed E-state index contributed by atoms with van der Waals surface area (Å²) >= 11 is 0. The Morgan fingerprint density at radius 1 is 0.967 bits per heavy atom. The molecule has 0 spiro atoms. The zero-order valence-electron chi connectivity index (χ0n) is 17.8. The van der Waals surface area contributed by atoms with E-state index in [1.165, 1.54) is 11.1 Å². The molecule has 4 rings (SSSR count). The molecular weight excluding hydrogens is 374 g/mol. The number of hydrogen-bond acceptors (Lipinski definition) is 5. The van der Waals surface area contributed by atoms with Crippen molar-refractivity contribution in [2.75, 3.05) is 39.3 Å². The van der Waals surface area contributed by atoms with E-state index in [9.17, 15) is 4.79 Å². The highest BCUT2D eigenvalue weighted by atomic mass is 16.2. The number of hydrazine groups is 1. The lowest BCUT2D eigenvalue weighted by atomic mass is 9.94. The first-order chi connectivity index (χ1) is 14.7. The van der Waals surface area contributed by atoms with E-state index >= 15 is 0 Å². The fourth-order valence-electron chi connectivity index (χ4n) is 4.42. The zero-order chi connectivity index (χ0) is 20.8. The Balaban J connectivity index is 1.35. The van der Waals surface area contributed by atoms with E-state index in [2.05, 4.69) is 69.3 Å². The van der Waals surface area contributed by atoms with Crippen LogP contribution in [0.3, 0.4) is 0 Å². The Kier molecular flexibility index (Phi) is 7.12. The Hall–Kier alpha value is -2.25. The van der Waals surface area contributed by atoms with Crippen LogP contribution < -0.4 is 16.2 Å². The van der Waals surface area contributed by atoms with Crippen LogP contribution in [-0.2, 0) is 17.9 Å². The molecule has 2 fully saturated rings. The molecule has 30 heavy (non-hydrogen) atoms. The second-order valence-electron chi connectivity index (χ2n) is 8.22. The number of rotatable bonds is 7. The van der Waals surface area contributed by atoms with Crippen molar-refractivity contribution in [3.63, 3.8) is 0 Å². The van der Waals surface area contributed by atoms with E-state index in [-0.39, 0.29) is 17.9 Å². The summed E-state index contributed by atoms with van der Waals surface area (Å²) in [6, 6.07) is 18.6. The molecule has 0 saturated carbocycles. The molecule has 0 aliphatic carbocycles. The average molecular weight is 408 g/mol. The summed E-state index contributed by atoms with van der Waals surface area (Å²) in [4.78, 5) is 18.0. The smallest absolute Gasteiger partial charge is 0.226 e. The van der Waals surface area contributed by atoms with E-state index in [1.54, 1.807) is 0 Å². The SMILES string of the molecule is CCN1CCN(Cc2ccccc2CNC(=O)C2CNNC2c2ccccc2)CC1. The quantitative estimate of drug-likeness (QED) is 0.655. The number of nitrogens with zero attached hydrogens (tertiary/aromatic N) is 2. The summed E-state index contributed by atoms with van der Waals surface area (Å²) in [6.07, 6.45) is 0. The van der Waals surface area contributed by atoms with Crippen LogP contribution >= 0.6 is 0 Å². The van der Waals surface area contributed by atoms with Crippen LogP contribution in [0.25, 0.3) is 0 Å². The van der Waals surface area contributed by atoms with Gasteiger partial charge in [0.15, 0.2) is 0 Å². The third-order valence-corrected chi connectivity index (χ3v) is 6.35. The first kappa shape index (κ1) is 21.0. The second-order valence-corrected chi connectivity index (χ2v) is 8.22.